The van der Waals surface area contributed by atoms with E-state index in [0.29, 0.717) is 24.8 Å². The summed E-state index contributed by atoms with van der Waals surface area (Å²) in [4.78, 5) is 48.6. The summed E-state index contributed by atoms with van der Waals surface area (Å²) in [5.41, 5.74) is 3.97. The van der Waals surface area contributed by atoms with Crippen LogP contribution in [-0.4, -0.2) is 60.0 Å². The number of hydrogen-bond acceptors (Lipinski definition) is 11. The second-order valence-corrected chi connectivity index (χ2v) is 10.1. The van der Waals surface area contributed by atoms with Crippen molar-refractivity contribution in [1.82, 2.24) is 0 Å². The third-order valence-electron chi connectivity index (χ3n) is 5.94. The Morgan fingerprint density at radius 3 is 1.95 bits per heavy atom. The Hall–Kier alpha value is -3.54. The van der Waals surface area contributed by atoms with Crippen molar-refractivity contribution < 1.29 is 52.7 Å². The van der Waals surface area contributed by atoms with Gasteiger partial charge in [-0.1, -0.05) is 39.7 Å². The molecule has 0 spiro atoms. The maximum atomic E-state index is 12.2. The number of carbonyl (C=O) groups is 4. The highest BCUT2D eigenvalue weighted by atomic mass is 16.7. The zero-order valence-electron chi connectivity index (χ0n) is 24.3. The number of carboxylic acids is 1. The average Bonchev–Trinajstić information content (AvgIpc) is 2.85. The molecule has 0 aliphatic heterocycles. The molecule has 0 aliphatic carbocycles. The van der Waals surface area contributed by atoms with E-state index in [-0.39, 0.29) is 37.6 Å². The largest absolute Gasteiger partial charge is 0.513 e. The maximum absolute atomic E-state index is 12.2. The van der Waals surface area contributed by atoms with E-state index in [0.717, 1.165) is 12.8 Å². The molecule has 0 fully saturated rings. The van der Waals surface area contributed by atoms with Crippen molar-refractivity contribution in [3.63, 3.8) is 0 Å². The van der Waals surface area contributed by atoms with E-state index in [1.807, 2.05) is 20.8 Å². The van der Waals surface area contributed by atoms with Gasteiger partial charge in [0.1, 0.15) is 17.2 Å². The third-order valence-corrected chi connectivity index (χ3v) is 5.94. The number of benzene rings is 1. The number of rotatable bonds is 16. The number of nitrogens with two attached hydrogens (primary N) is 1. The third kappa shape index (κ3) is 12.5. The Balaban J connectivity index is 3.11. The second-order valence-electron chi connectivity index (χ2n) is 10.1. The predicted molar refractivity (Wildman–Crippen MR) is 144 cm³/mol. The van der Waals surface area contributed by atoms with Crippen molar-refractivity contribution in [2.24, 2.45) is 5.73 Å². The van der Waals surface area contributed by atoms with Crippen LogP contribution in [0.5, 0.6) is 11.5 Å². The lowest BCUT2D eigenvalue weighted by atomic mass is 9.86. The molecule has 0 aromatic heterocycles. The van der Waals surface area contributed by atoms with Crippen LogP contribution in [-0.2, 0) is 30.2 Å². The molecule has 1 aromatic rings. The van der Waals surface area contributed by atoms with Crippen LogP contribution in [0.1, 0.15) is 85.6 Å². The first kappa shape index (κ1) is 34.5. The average molecular weight is 570 g/mol. The van der Waals surface area contributed by atoms with Gasteiger partial charge in [-0.15, -0.1) is 0 Å². The van der Waals surface area contributed by atoms with Crippen LogP contribution in [0.15, 0.2) is 18.2 Å². The smallest absolute Gasteiger partial charge is 0.480 e. The van der Waals surface area contributed by atoms with Gasteiger partial charge in [-0.3, -0.25) is 4.79 Å². The number of unbranched alkanes of at least 4 members (excludes halogenated alkanes) is 2. The zero-order valence-corrected chi connectivity index (χ0v) is 24.3. The van der Waals surface area contributed by atoms with E-state index in [4.69, 9.17) is 34.2 Å². The van der Waals surface area contributed by atoms with E-state index < -0.39 is 41.7 Å². The van der Waals surface area contributed by atoms with Gasteiger partial charge in [0.2, 0.25) is 0 Å². The van der Waals surface area contributed by atoms with Crippen LogP contribution >= 0.6 is 0 Å². The lowest BCUT2D eigenvalue weighted by Gasteiger charge is -2.29. The molecular formula is C28H43NO11. The van der Waals surface area contributed by atoms with Gasteiger partial charge in [-0.25, -0.2) is 14.4 Å². The highest BCUT2D eigenvalue weighted by molar-refractivity contribution is 5.79. The highest BCUT2D eigenvalue weighted by Crippen LogP contribution is 2.31. The molecule has 12 nitrogen and oxygen atoms in total. The van der Waals surface area contributed by atoms with Crippen molar-refractivity contribution in [1.29, 1.82) is 0 Å². The van der Waals surface area contributed by atoms with Crippen molar-refractivity contribution in [2.75, 3.05) is 13.2 Å². The zero-order chi connectivity index (χ0) is 30.3. The minimum atomic E-state index is -1.87. The minimum Gasteiger partial charge on any atom is -0.480 e. The Morgan fingerprint density at radius 2 is 1.45 bits per heavy atom. The number of carboxylic acid groups (broad SMARTS) is 1. The van der Waals surface area contributed by atoms with E-state index in [9.17, 15) is 24.3 Å². The highest BCUT2D eigenvalue weighted by Gasteiger charge is 2.38. The maximum Gasteiger partial charge on any atom is 0.513 e. The summed E-state index contributed by atoms with van der Waals surface area (Å²) in [6.45, 7) is 10.9. The van der Waals surface area contributed by atoms with Gasteiger partial charge in [-0.05, 0) is 57.7 Å². The Bertz CT molecular complexity index is 994. The van der Waals surface area contributed by atoms with Gasteiger partial charge in [0.25, 0.3) is 0 Å². The van der Waals surface area contributed by atoms with Crippen LogP contribution in [0.4, 0.5) is 14.4 Å². The van der Waals surface area contributed by atoms with Gasteiger partial charge in [0, 0.05) is 12.8 Å². The quantitative estimate of drug-likeness (QED) is 0.107. The lowest BCUT2D eigenvalue weighted by Crippen LogP contribution is -2.52. The first-order valence-corrected chi connectivity index (χ1v) is 13.5. The fourth-order valence-electron chi connectivity index (χ4n) is 3.30. The first-order chi connectivity index (χ1) is 18.7. The van der Waals surface area contributed by atoms with Crippen molar-refractivity contribution in [2.45, 2.75) is 104 Å². The molecule has 0 saturated heterocycles. The van der Waals surface area contributed by atoms with Crippen LogP contribution < -0.4 is 15.2 Å². The normalized spacial score (nSPS) is 13.4. The molecule has 0 saturated carbocycles. The molecule has 1 rings (SSSR count). The van der Waals surface area contributed by atoms with E-state index in [2.05, 4.69) is 0 Å². The summed E-state index contributed by atoms with van der Waals surface area (Å²) >= 11 is 0. The topological polar surface area (TPSA) is 170 Å². The van der Waals surface area contributed by atoms with Crippen LogP contribution in [0.2, 0.25) is 0 Å². The standard InChI is InChI=1S/C28H43NO11/c1-7-10-14-35-24(32)38-21-13-12-20(16-22(21)39-25(33)36-15-11-8-2)18-28(29,23(30)31)17-19(4)37-26(34)40-27(5,6)9-3/h12-13,16,19H,7-11,14-15,17-18,29H2,1-6H3,(H,30,31)/t19-,28+/m0/s1. The molecule has 0 aliphatic rings. The minimum absolute atomic E-state index is 0.130. The predicted octanol–water partition coefficient (Wildman–Crippen LogP) is 5.76. The molecule has 1 aromatic carbocycles. The fourth-order valence-corrected chi connectivity index (χ4v) is 3.30. The lowest BCUT2D eigenvalue weighted by molar-refractivity contribution is -0.145. The van der Waals surface area contributed by atoms with Crippen LogP contribution in [0.25, 0.3) is 0 Å². The SMILES string of the molecule is CCCCOC(=O)Oc1ccc(C[C@](N)(C[C@H](C)OC(=O)OC(C)(C)CC)C(=O)O)cc1OC(=O)OCCCC. The van der Waals surface area contributed by atoms with E-state index >= 15 is 0 Å². The van der Waals surface area contributed by atoms with Gasteiger partial charge in [0.15, 0.2) is 11.5 Å². The summed E-state index contributed by atoms with van der Waals surface area (Å²) in [5.74, 6) is -1.66. The molecule has 3 N–H and O–H groups in total. The Kier molecular flexibility index (Phi) is 14.3. The van der Waals surface area contributed by atoms with Crippen LogP contribution in [0, 0.1) is 0 Å². The summed E-state index contributed by atoms with van der Waals surface area (Å²) < 4.78 is 31.0. The summed E-state index contributed by atoms with van der Waals surface area (Å²) in [7, 11) is 0. The molecule has 226 valence electrons. The second kappa shape index (κ2) is 16.5. The van der Waals surface area contributed by atoms with Gasteiger partial charge < -0.3 is 39.3 Å². The summed E-state index contributed by atoms with van der Waals surface area (Å²) in [5, 5.41) is 9.92. The molecule has 0 amide bonds. The van der Waals surface area contributed by atoms with E-state index in [1.165, 1.54) is 25.1 Å². The van der Waals surface area contributed by atoms with Crippen molar-refractivity contribution >= 4 is 24.4 Å². The van der Waals surface area contributed by atoms with E-state index in [1.54, 1.807) is 13.8 Å². The van der Waals surface area contributed by atoms with Crippen molar-refractivity contribution in [3.8, 4) is 11.5 Å². The van der Waals surface area contributed by atoms with Gasteiger partial charge >= 0.3 is 24.4 Å². The molecular weight excluding hydrogens is 526 g/mol. The van der Waals surface area contributed by atoms with Gasteiger partial charge in [0.05, 0.1) is 13.2 Å². The van der Waals surface area contributed by atoms with Gasteiger partial charge in [-0.2, -0.15) is 0 Å². The number of ether oxygens (including phenoxy) is 6. The monoisotopic (exact) mass is 569 g/mol. The van der Waals surface area contributed by atoms with Crippen molar-refractivity contribution in [3.05, 3.63) is 23.8 Å². The molecule has 0 radical (unpaired) electrons. The molecule has 0 bridgehead atoms. The summed E-state index contributed by atoms with van der Waals surface area (Å²) in [6, 6.07) is 4.12. The Labute approximate surface area is 235 Å². The molecule has 2 atom stereocenters. The molecule has 0 heterocycles. The molecule has 0 unspecified atom stereocenters. The number of hydrogen-bond donors (Lipinski definition) is 2. The van der Waals surface area contributed by atoms with Crippen LogP contribution in [0.3, 0.4) is 0 Å². The first-order valence-electron chi connectivity index (χ1n) is 13.5. The Morgan fingerprint density at radius 1 is 0.900 bits per heavy atom. The molecule has 40 heavy (non-hydrogen) atoms. The number of aliphatic carboxylic acids is 1. The fraction of sp³-hybridized carbons (Fsp3) is 0.643. The molecule has 12 heteroatoms. The number of carbonyl (C=O) groups excluding carboxylic acids is 3. The summed E-state index contributed by atoms with van der Waals surface area (Å²) in [6.07, 6.45) is -0.908.